The van der Waals surface area contributed by atoms with Crippen LogP contribution < -0.4 is 9.64 Å². The number of benzene rings is 2. The first-order valence-electron chi connectivity index (χ1n) is 12.8. The van der Waals surface area contributed by atoms with Crippen LogP contribution in [0.15, 0.2) is 59.8 Å². The second-order valence-corrected chi connectivity index (χ2v) is 10.5. The van der Waals surface area contributed by atoms with Crippen LogP contribution in [0.25, 0.3) is 0 Å². The van der Waals surface area contributed by atoms with Crippen LogP contribution in [-0.2, 0) is 17.6 Å². The minimum Gasteiger partial charge on any atom is -0.478 e. The minimum absolute atomic E-state index is 0.0278. The molecule has 0 spiro atoms. The molecule has 5 rings (SSSR count). The van der Waals surface area contributed by atoms with Crippen molar-refractivity contribution in [3.8, 4) is 5.88 Å². The van der Waals surface area contributed by atoms with Crippen molar-refractivity contribution < 1.29 is 32.6 Å². The molecule has 1 N–H and O–H groups in total. The molecule has 1 aliphatic carbocycles. The molecule has 2 aromatic carbocycles. The molecule has 0 amide bonds. The Morgan fingerprint density at radius 3 is 2.50 bits per heavy atom. The van der Waals surface area contributed by atoms with Gasteiger partial charge in [0.2, 0.25) is 5.88 Å². The fourth-order valence-corrected chi connectivity index (χ4v) is 5.25. The molecule has 210 valence electrons. The SMILES string of the molecule is Cc1cccc(Cl)c1C1=NOC(C2CC2)C1COc1ccc(N(C)Cc2ccc(C(=O)O)cc2)c(C(F)(F)F)n1. The summed E-state index contributed by atoms with van der Waals surface area (Å²) in [5.41, 5.74) is 1.83. The lowest BCUT2D eigenvalue weighted by Crippen LogP contribution is -2.32. The maximum atomic E-state index is 14.1. The molecule has 0 radical (unpaired) electrons. The number of ether oxygens (including phenoxy) is 1. The van der Waals surface area contributed by atoms with Gasteiger partial charge in [0.05, 0.1) is 27.9 Å². The number of alkyl halides is 3. The summed E-state index contributed by atoms with van der Waals surface area (Å²) in [6.45, 7) is 2.06. The Bertz CT molecular complexity index is 1420. The fraction of sp³-hybridized carbons (Fsp3) is 0.345. The number of nitrogens with zero attached hydrogens (tertiary/aromatic N) is 3. The van der Waals surface area contributed by atoms with E-state index in [1.807, 2.05) is 19.1 Å². The number of hydrogen-bond acceptors (Lipinski definition) is 6. The summed E-state index contributed by atoms with van der Waals surface area (Å²) in [6.07, 6.45) is -3.00. The second-order valence-electron chi connectivity index (χ2n) is 10.1. The van der Waals surface area contributed by atoms with E-state index in [1.54, 1.807) is 18.2 Å². The number of carboxylic acids is 1. The molecule has 3 aromatic rings. The molecule has 40 heavy (non-hydrogen) atoms. The predicted molar refractivity (Wildman–Crippen MR) is 144 cm³/mol. The third kappa shape index (κ3) is 5.86. The number of rotatable bonds is 9. The van der Waals surface area contributed by atoms with Crippen LogP contribution in [0.5, 0.6) is 5.88 Å². The molecule has 2 aliphatic rings. The van der Waals surface area contributed by atoms with Crippen molar-refractivity contribution in [1.82, 2.24) is 4.98 Å². The molecule has 0 bridgehead atoms. The number of hydrogen-bond donors (Lipinski definition) is 1. The van der Waals surface area contributed by atoms with Crippen LogP contribution in [0.2, 0.25) is 5.02 Å². The summed E-state index contributed by atoms with van der Waals surface area (Å²) in [5, 5.41) is 13.9. The Labute approximate surface area is 234 Å². The second kappa shape index (κ2) is 11.0. The van der Waals surface area contributed by atoms with Crippen molar-refractivity contribution >= 4 is 29.0 Å². The summed E-state index contributed by atoms with van der Waals surface area (Å²) < 4.78 is 48.2. The third-order valence-electron chi connectivity index (χ3n) is 7.14. The van der Waals surface area contributed by atoms with Crippen molar-refractivity contribution in [3.05, 3.63) is 87.6 Å². The number of aromatic carboxylic acids is 1. The normalized spacial score (nSPS) is 18.7. The van der Waals surface area contributed by atoms with Crippen LogP contribution in [0, 0.1) is 18.8 Å². The molecule has 1 saturated carbocycles. The van der Waals surface area contributed by atoms with E-state index in [-0.39, 0.29) is 42.3 Å². The number of aryl methyl sites for hydroxylation is 1. The zero-order chi connectivity index (χ0) is 28.6. The molecule has 1 aliphatic heterocycles. The van der Waals surface area contributed by atoms with Gasteiger partial charge in [0, 0.05) is 25.2 Å². The van der Waals surface area contributed by atoms with E-state index >= 15 is 0 Å². The van der Waals surface area contributed by atoms with Crippen molar-refractivity contribution in [2.45, 2.75) is 38.6 Å². The van der Waals surface area contributed by atoms with E-state index in [4.69, 9.17) is 26.3 Å². The topological polar surface area (TPSA) is 84.2 Å². The first kappa shape index (κ1) is 27.8. The summed E-state index contributed by atoms with van der Waals surface area (Å²) in [7, 11) is 1.52. The van der Waals surface area contributed by atoms with Gasteiger partial charge in [-0.05, 0) is 61.1 Å². The number of carbonyl (C=O) groups is 1. The molecule has 1 aromatic heterocycles. The summed E-state index contributed by atoms with van der Waals surface area (Å²) in [5.74, 6) is -1.26. The maximum absolute atomic E-state index is 14.1. The van der Waals surface area contributed by atoms with E-state index in [1.165, 1.54) is 36.2 Å². The van der Waals surface area contributed by atoms with Crippen LogP contribution >= 0.6 is 11.6 Å². The van der Waals surface area contributed by atoms with Crippen LogP contribution in [0.4, 0.5) is 18.9 Å². The molecule has 2 unspecified atom stereocenters. The number of pyridine rings is 1. The Balaban J connectivity index is 1.36. The van der Waals surface area contributed by atoms with Gasteiger partial charge in [-0.3, -0.25) is 0 Å². The van der Waals surface area contributed by atoms with Gasteiger partial charge in [-0.2, -0.15) is 13.2 Å². The van der Waals surface area contributed by atoms with Crippen molar-refractivity contribution in [2.24, 2.45) is 17.0 Å². The van der Waals surface area contributed by atoms with Crippen molar-refractivity contribution in [3.63, 3.8) is 0 Å². The van der Waals surface area contributed by atoms with Crippen LogP contribution in [0.3, 0.4) is 0 Å². The molecule has 2 atom stereocenters. The Kier molecular flexibility index (Phi) is 7.63. The molecule has 2 heterocycles. The maximum Gasteiger partial charge on any atom is 0.435 e. The number of oxime groups is 1. The highest BCUT2D eigenvalue weighted by Crippen LogP contribution is 2.43. The Morgan fingerprint density at radius 2 is 1.88 bits per heavy atom. The molecular formula is C29H27ClF3N3O4. The van der Waals surface area contributed by atoms with Gasteiger partial charge in [0.15, 0.2) is 5.69 Å². The Morgan fingerprint density at radius 1 is 1.15 bits per heavy atom. The number of halogens is 4. The van der Waals surface area contributed by atoms with Gasteiger partial charge in [0.1, 0.15) is 12.7 Å². The molecule has 0 saturated heterocycles. The molecular weight excluding hydrogens is 547 g/mol. The minimum atomic E-state index is -4.73. The fourth-order valence-electron chi connectivity index (χ4n) is 4.93. The van der Waals surface area contributed by atoms with E-state index in [0.29, 0.717) is 22.2 Å². The zero-order valence-corrected chi connectivity index (χ0v) is 22.5. The average molecular weight is 574 g/mol. The van der Waals surface area contributed by atoms with E-state index in [9.17, 15) is 18.0 Å². The molecule has 1 fully saturated rings. The number of aromatic nitrogens is 1. The highest BCUT2D eigenvalue weighted by atomic mass is 35.5. The highest BCUT2D eigenvalue weighted by molar-refractivity contribution is 6.34. The first-order valence-corrected chi connectivity index (χ1v) is 13.1. The van der Waals surface area contributed by atoms with Gasteiger partial charge in [-0.1, -0.05) is 41.0 Å². The quantitative estimate of drug-likeness (QED) is 0.310. The number of carboxylic acid groups (broad SMARTS) is 1. The van der Waals surface area contributed by atoms with Gasteiger partial charge < -0.3 is 19.6 Å². The van der Waals surface area contributed by atoms with Crippen LogP contribution in [-0.4, -0.2) is 41.5 Å². The zero-order valence-electron chi connectivity index (χ0n) is 21.8. The summed E-state index contributed by atoms with van der Waals surface area (Å²) >= 11 is 6.49. The van der Waals surface area contributed by atoms with Gasteiger partial charge in [-0.15, -0.1) is 0 Å². The van der Waals surface area contributed by atoms with Crippen LogP contribution in [0.1, 0.15) is 45.6 Å². The van der Waals surface area contributed by atoms with E-state index in [2.05, 4.69) is 10.1 Å². The lowest BCUT2D eigenvalue weighted by Gasteiger charge is -2.24. The molecule has 7 nitrogen and oxygen atoms in total. The highest BCUT2D eigenvalue weighted by Gasteiger charge is 2.46. The van der Waals surface area contributed by atoms with E-state index < -0.39 is 17.8 Å². The van der Waals surface area contributed by atoms with Crippen molar-refractivity contribution in [2.75, 3.05) is 18.6 Å². The molecule has 11 heteroatoms. The van der Waals surface area contributed by atoms with E-state index in [0.717, 1.165) is 24.0 Å². The lowest BCUT2D eigenvalue weighted by molar-refractivity contribution is -0.140. The van der Waals surface area contributed by atoms with Gasteiger partial charge >= 0.3 is 12.1 Å². The largest absolute Gasteiger partial charge is 0.478 e. The van der Waals surface area contributed by atoms with Gasteiger partial charge in [0.25, 0.3) is 0 Å². The van der Waals surface area contributed by atoms with Gasteiger partial charge in [-0.25, -0.2) is 9.78 Å². The third-order valence-corrected chi connectivity index (χ3v) is 7.46. The standard InChI is InChI=1S/C29H27ClF3N3O4/c1-16-4-3-5-21(30)24(16)25-20(26(40-35-25)18-10-11-18)15-39-23-13-12-22(27(34-23)29(31,32)33)36(2)14-17-6-8-19(9-7-17)28(37)38/h3-9,12-13,18,20,26H,10-11,14-15H2,1-2H3,(H,37,38). The summed E-state index contributed by atoms with van der Waals surface area (Å²) in [6, 6.07) is 14.2. The summed E-state index contributed by atoms with van der Waals surface area (Å²) in [4.78, 5) is 22.1. The smallest absolute Gasteiger partial charge is 0.435 e. The average Bonchev–Trinajstić information content (AvgIpc) is 3.67. The predicted octanol–water partition coefficient (Wildman–Crippen LogP) is 6.60. The lowest BCUT2D eigenvalue weighted by atomic mass is 9.89. The Hall–Kier alpha value is -3.79. The monoisotopic (exact) mass is 573 g/mol. The van der Waals surface area contributed by atoms with Crippen molar-refractivity contribution in [1.29, 1.82) is 0 Å². The first-order chi connectivity index (χ1) is 19.0. The number of anilines is 1.